The van der Waals surface area contributed by atoms with E-state index in [9.17, 15) is 14.4 Å². The first-order chi connectivity index (χ1) is 13.5. The molecule has 2 N–H and O–H groups in total. The second kappa shape index (κ2) is 8.12. The summed E-state index contributed by atoms with van der Waals surface area (Å²) in [6, 6.07) is 15.8. The van der Waals surface area contributed by atoms with Crippen LogP contribution in [-0.2, 0) is 21.5 Å². The molecule has 0 bridgehead atoms. The summed E-state index contributed by atoms with van der Waals surface area (Å²) in [7, 11) is 1.57. The molecule has 7 heteroatoms. The summed E-state index contributed by atoms with van der Waals surface area (Å²) in [5.74, 6) is -0.217. The molecule has 1 fully saturated rings. The molecule has 0 aromatic heterocycles. The molecule has 0 saturated carbocycles. The Balaban J connectivity index is 1.69. The third-order valence-electron chi connectivity index (χ3n) is 4.94. The minimum Gasteiger partial charge on any atom is -0.496 e. The van der Waals surface area contributed by atoms with Crippen LogP contribution in [0.25, 0.3) is 0 Å². The van der Waals surface area contributed by atoms with Crippen molar-refractivity contribution in [3.8, 4) is 5.75 Å². The van der Waals surface area contributed by atoms with Crippen LogP contribution in [0.5, 0.6) is 5.75 Å². The lowest BCUT2D eigenvalue weighted by molar-refractivity contribution is -0.139. The van der Waals surface area contributed by atoms with Crippen LogP contribution in [0.4, 0.5) is 4.79 Å². The maximum absolute atomic E-state index is 13.0. The zero-order valence-corrected chi connectivity index (χ0v) is 15.9. The third-order valence-corrected chi connectivity index (χ3v) is 4.94. The number of ether oxygens (including phenoxy) is 1. The number of amides is 4. The van der Waals surface area contributed by atoms with Crippen molar-refractivity contribution in [2.24, 2.45) is 0 Å². The maximum Gasteiger partial charge on any atom is 0.344 e. The van der Waals surface area contributed by atoms with E-state index < -0.39 is 23.4 Å². The molecule has 1 atom stereocenters. The monoisotopic (exact) mass is 381 g/mol. The molecule has 0 unspecified atom stereocenters. The van der Waals surface area contributed by atoms with E-state index in [1.54, 1.807) is 31.4 Å². The largest absolute Gasteiger partial charge is 0.496 e. The Bertz CT molecular complexity index is 884. The Hall–Kier alpha value is -3.35. The van der Waals surface area contributed by atoms with Crippen LogP contribution < -0.4 is 15.5 Å². The fourth-order valence-electron chi connectivity index (χ4n) is 3.38. The Kier molecular flexibility index (Phi) is 5.63. The molecule has 2 aromatic rings. The molecule has 0 spiro atoms. The summed E-state index contributed by atoms with van der Waals surface area (Å²) >= 11 is 0. The molecule has 146 valence electrons. The molecule has 7 nitrogen and oxygen atoms in total. The number of carbonyl (C=O) groups excluding carboxylic acids is 3. The van der Waals surface area contributed by atoms with E-state index >= 15 is 0 Å². The Morgan fingerprint density at radius 3 is 2.46 bits per heavy atom. The number of nitrogens with one attached hydrogen (secondary N) is 2. The predicted octanol–water partition coefficient (Wildman–Crippen LogP) is 2.52. The van der Waals surface area contributed by atoms with Crippen LogP contribution in [0.3, 0.4) is 0 Å². The fraction of sp³-hybridized carbons (Fsp3) is 0.286. The molecule has 0 aliphatic carbocycles. The Labute approximate surface area is 163 Å². The summed E-state index contributed by atoms with van der Waals surface area (Å²) < 4.78 is 5.28. The molecule has 28 heavy (non-hydrogen) atoms. The number of urea groups is 1. The molecular formula is C21H23N3O4. The highest BCUT2D eigenvalue weighted by Gasteiger charge is 2.52. The quantitative estimate of drug-likeness (QED) is 0.722. The van der Waals surface area contributed by atoms with Gasteiger partial charge in [-0.15, -0.1) is 0 Å². The van der Waals surface area contributed by atoms with Gasteiger partial charge in [-0.25, -0.2) is 4.79 Å². The van der Waals surface area contributed by atoms with Gasteiger partial charge >= 0.3 is 6.03 Å². The first-order valence-corrected chi connectivity index (χ1v) is 9.15. The van der Waals surface area contributed by atoms with E-state index in [-0.39, 0.29) is 6.42 Å². The summed E-state index contributed by atoms with van der Waals surface area (Å²) in [5.41, 5.74) is 2.83. The molecule has 4 amide bonds. The van der Waals surface area contributed by atoms with Gasteiger partial charge in [0.25, 0.3) is 5.91 Å². The second-order valence-electron chi connectivity index (χ2n) is 6.54. The van der Waals surface area contributed by atoms with Crippen molar-refractivity contribution in [1.82, 2.24) is 15.8 Å². The molecular weight excluding hydrogens is 358 g/mol. The predicted molar refractivity (Wildman–Crippen MR) is 103 cm³/mol. The van der Waals surface area contributed by atoms with Gasteiger partial charge in [0.2, 0.25) is 5.91 Å². The number of carbonyl (C=O) groups is 3. The van der Waals surface area contributed by atoms with E-state index in [1.165, 1.54) is 0 Å². The van der Waals surface area contributed by atoms with Gasteiger partial charge in [-0.05, 0) is 30.0 Å². The van der Waals surface area contributed by atoms with Crippen LogP contribution >= 0.6 is 0 Å². The highest BCUT2D eigenvalue weighted by molar-refractivity contribution is 6.08. The van der Waals surface area contributed by atoms with Gasteiger partial charge in [-0.2, -0.15) is 5.01 Å². The average molecular weight is 381 g/mol. The molecule has 1 aliphatic heterocycles. The first kappa shape index (κ1) is 19.4. The number of nitrogens with zero attached hydrogens (tertiary/aromatic N) is 1. The van der Waals surface area contributed by atoms with E-state index in [0.29, 0.717) is 24.2 Å². The SMILES string of the molecule is CC[C@@]1(c2ccccc2)NC(=O)N(NC(=O)CCc2ccccc2OC)C1=O. The van der Waals surface area contributed by atoms with E-state index in [0.717, 1.165) is 10.6 Å². The fourth-order valence-corrected chi connectivity index (χ4v) is 3.38. The Morgan fingerprint density at radius 1 is 1.11 bits per heavy atom. The van der Waals surface area contributed by atoms with Crippen LogP contribution in [0, 0.1) is 0 Å². The Morgan fingerprint density at radius 2 is 1.79 bits per heavy atom. The highest BCUT2D eigenvalue weighted by Crippen LogP contribution is 2.31. The van der Waals surface area contributed by atoms with E-state index in [1.807, 2.05) is 37.3 Å². The highest BCUT2D eigenvalue weighted by atomic mass is 16.5. The number of hydrazine groups is 1. The van der Waals surface area contributed by atoms with Gasteiger partial charge in [-0.1, -0.05) is 55.5 Å². The van der Waals surface area contributed by atoms with Gasteiger partial charge < -0.3 is 10.1 Å². The summed E-state index contributed by atoms with van der Waals surface area (Å²) in [5, 5.41) is 3.51. The molecule has 1 aliphatic rings. The topological polar surface area (TPSA) is 87.7 Å². The number of aryl methyl sites for hydroxylation is 1. The lowest BCUT2D eigenvalue weighted by atomic mass is 9.87. The standard InChI is InChI=1S/C21H23N3O4/c1-3-21(16-10-5-4-6-11-16)19(26)24(20(27)22-21)23-18(25)14-13-15-9-7-8-12-17(15)28-2/h4-12H,3,13-14H2,1-2H3,(H,22,27)(H,23,25)/t21-/m0/s1. The van der Waals surface area contributed by atoms with Gasteiger partial charge in [0, 0.05) is 6.42 Å². The number of hydrogen-bond acceptors (Lipinski definition) is 4. The zero-order chi connectivity index (χ0) is 20.1. The third kappa shape index (κ3) is 3.55. The van der Waals surface area contributed by atoms with E-state index in [2.05, 4.69) is 10.7 Å². The second-order valence-corrected chi connectivity index (χ2v) is 6.54. The van der Waals surface area contributed by atoms with Gasteiger partial charge in [0.1, 0.15) is 11.3 Å². The van der Waals surface area contributed by atoms with Crippen LogP contribution in [-0.4, -0.2) is 30.0 Å². The smallest absolute Gasteiger partial charge is 0.344 e. The van der Waals surface area contributed by atoms with Crippen LogP contribution in [0.15, 0.2) is 54.6 Å². The molecule has 0 radical (unpaired) electrons. The van der Waals surface area contributed by atoms with Crippen molar-refractivity contribution in [2.75, 3.05) is 7.11 Å². The number of hydrogen-bond donors (Lipinski definition) is 2. The van der Waals surface area contributed by atoms with Crippen molar-refractivity contribution in [1.29, 1.82) is 0 Å². The van der Waals surface area contributed by atoms with Gasteiger partial charge in [-0.3, -0.25) is 15.0 Å². The van der Waals surface area contributed by atoms with Crippen LogP contribution in [0.1, 0.15) is 30.9 Å². The van der Waals surface area contributed by atoms with Gasteiger partial charge in [0.15, 0.2) is 0 Å². The lowest BCUT2D eigenvalue weighted by Crippen LogP contribution is -2.48. The number of benzene rings is 2. The van der Waals surface area contributed by atoms with Crippen molar-refractivity contribution in [3.63, 3.8) is 0 Å². The van der Waals surface area contributed by atoms with Crippen molar-refractivity contribution in [2.45, 2.75) is 31.7 Å². The number of rotatable bonds is 7. The first-order valence-electron chi connectivity index (χ1n) is 9.15. The molecule has 1 heterocycles. The van der Waals surface area contributed by atoms with Crippen molar-refractivity contribution in [3.05, 3.63) is 65.7 Å². The number of para-hydroxylation sites is 1. The maximum atomic E-state index is 13.0. The summed E-state index contributed by atoms with van der Waals surface area (Å²) in [4.78, 5) is 37.8. The summed E-state index contributed by atoms with van der Waals surface area (Å²) in [6.07, 6.45) is 0.911. The molecule has 2 aromatic carbocycles. The molecule has 1 saturated heterocycles. The minimum atomic E-state index is -1.17. The minimum absolute atomic E-state index is 0.113. The van der Waals surface area contributed by atoms with Crippen molar-refractivity contribution < 1.29 is 19.1 Å². The summed E-state index contributed by atoms with van der Waals surface area (Å²) in [6.45, 7) is 1.82. The molecule has 3 rings (SSSR count). The number of imide groups is 1. The van der Waals surface area contributed by atoms with E-state index in [4.69, 9.17) is 4.74 Å². The normalized spacial score (nSPS) is 18.7. The van der Waals surface area contributed by atoms with Crippen LogP contribution in [0.2, 0.25) is 0 Å². The number of methoxy groups -OCH3 is 1. The zero-order valence-electron chi connectivity index (χ0n) is 15.9. The van der Waals surface area contributed by atoms with Gasteiger partial charge in [0.05, 0.1) is 7.11 Å². The van der Waals surface area contributed by atoms with Crippen molar-refractivity contribution >= 4 is 17.8 Å². The lowest BCUT2D eigenvalue weighted by Gasteiger charge is -2.25. The average Bonchev–Trinajstić information content (AvgIpc) is 2.98.